The summed E-state index contributed by atoms with van der Waals surface area (Å²) >= 11 is 1.74. The number of aliphatic hydroxyl groups is 1. The first-order valence-electron chi connectivity index (χ1n) is 10.5. The maximum Gasteiger partial charge on any atom is 0.232 e. The van der Waals surface area contributed by atoms with Crippen molar-refractivity contribution in [1.82, 2.24) is 19.9 Å². The Labute approximate surface area is 187 Å². The maximum absolute atomic E-state index is 9.12. The van der Waals surface area contributed by atoms with Gasteiger partial charge in [0.15, 0.2) is 0 Å². The van der Waals surface area contributed by atoms with Crippen molar-refractivity contribution in [2.45, 2.75) is 23.6 Å². The fraction of sp³-hybridized carbons (Fsp3) is 0.348. The van der Waals surface area contributed by atoms with Crippen molar-refractivity contribution in [3.05, 3.63) is 59.9 Å². The number of nitrogens with one attached hydrogen (secondary N) is 1. The van der Waals surface area contributed by atoms with Gasteiger partial charge in [0, 0.05) is 48.2 Å². The molecule has 0 saturated carbocycles. The van der Waals surface area contributed by atoms with Gasteiger partial charge in [0.25, 0.3) is 0 Å². The SMILES string of the molecule is Cc1ccc(Sc2ccc(Nc3nc(C)nc(N4CCN(CCO)CC4)n3)cc2)cc1. The highest BCUT2D eigenvalue weighted by Crippen LogP contribution is 2.29. The Morgan fingerprint density at radius 2 is 1.52 bits per heavy atom. The van der Waals surface area contributed by atoms with Gasteiger partial charge in [-0.2, -0.15) is 15.0 Å². The largest absolute Gasteiger partial charge is 0.395 e. The Morgan fingerprint density at radius 3 is 2.16 bits per heavy atom. The topological polar surface area (TPSA) is 77.4 Å². The zero-order chi connectivity index (χ0) is 21.6. The predicted octanol–water partition coefficient (Wildman–Crippen LogP) is 3.50. The van der Waals surface area contributed by atoms with E-state index in [0.717, 1.165) is 38.4 Å². The maximum atomic E-state index is 9.12. The molecule has 2 aromatic carbocycles. The molecule has 1 aliphatic rings. The molecule has 8 heteroatoms. The zero-order valence-corrected chi connectivity index (χ0v) is 18.8. The van der Waals surface area contributed by atoms with E-state index < -0.39 is 0 Å². The van der Waals surface area contributed by atoms with Crippen molar-refractivity contribution in [3.8, 4) is 0 Å². The van der Waals surface area contributed by atoms with E-state index in [0.29, 0.717) is 17.7 Å². The molecule has 31 heavy (non-hydrogen) atoms. The Kier molecular flexibility index (Phi) is 7.01. The van der Waals surface area contributed by atoms with Gasteiger partial charge < -0.3 is 15.3 Å². The number of aliphatic hydroxyl groups excluding tert-OH is 1. The fourth-order valence-electron chi connectivity index (χ4n) is 3.46. The van der Waals surface area contributed by atoms with Gasteiger partial charge >= 0.3 is 0 Å². The molecule has 1 aliphatic heterocycles. The summed E-state index contributed by atoms with van der Waals surface area (Å²) in [5, 5.41) is 12.4. The summed E-state index contributed by atoms with van der Waals surface area (Å²) in [5.41, 5.74) is 2.21. The molecule has 7 nitrogen and oxygen atoms in total. The zero-order valence-electron chi connectivity index (χ0n) is 18.0. The van der Waals surface area contributed by atoms with Gasteiger partial charge in [-0.1, -0.05) is 29.5 Å². The molecular weight excluding hydrogens is 408 g/mol. The lowest BCUT2D eigenvalue weighted by Gasteiger charge is -2.34. The van der Waals surface area contributed by atoms with E-state index in [1.165, 1.54) is 15.4 Å². The highest BCUT2D eigenvalue weighted by molar-refractivity contribution is 7.99. The molecule has 2 heterocycles. The average molecular weight is 437 g/mol. The van der Waals surface area contributed by atoms with E-state index in [9.17, 15) is 0 Å². The minimum absolute atomic E-state index is 0.196. The van der Waals surface area contributed by atoms with Crippen LogP contribution >= 0.6 is 11.8 Å². The molecule has 3 aromatic rings. The Hall–Kier alpha value is -2.68. The molecule has 0 unspecified atom stereocenters. The molecule has 162 valence electrons. The molecule has 0 spiro atoms. The van der Waals surface area contributed by atoms with Crippen LogP contribution in [0.15, 0.2) is 58.3 Å². The second-order valence-corrected chi connectivity index (χ2v) is 8.77. The van der Waals surface area contributed by atoms with E-state index in [1.807, 2.05) is 19.1 Å². The summed E-state index contributed by atoms with van der Waals surface area (Å²) in [5.74, 6) is 1.95. The molecule has 1 fully saturated rings. The van der Waals surface area contributed by atoms with Crippen LogP contribution in [-0.4, -0.2) is 64.3 Å². The molecular formula is C23H28N6OS. The molecule has 1 aromatic heterocycles. The van der Waals surface area contributed by atoms with Crippen LogP contribution in [0.2, 0.25) is 0 Å². The third-order valence-electron chi connectivity index (χ3n) is 5.17. The van der Waals surface area contributed by atoms with Crippen LogP contribution < -0.4 is 10.2 Å². The number of nitrogens with zero attached hydrogens (tertiary/aromatic N) is 5. The second kappa shape index (κ2) is 10.1. The number of piperazine rings is 1. The van der Waals surface area contributed by atoms with Gasteiger partial charge in [-0.15, -0.1) is 0 Å². The van der Waals surface area contributed by atoms with Crippen LogP contribution in [0.5, 0.6) is 0 Å². The van der Waals surface area contributed by atoms with Crippen molar-refractivity contribution in [2.24, 2.45) is 0 Å². The molecule has 2 N–H and O–H groups in total. The second-order valence-electron chi connectivity index (χ2n) is 7.62. The van der Waals surface area contributed by atoms with Crippen molar-refractivity contribution in [3.63, 3.8) is 0 Å². The molecule has 0 radical (unpaired) electrons. The average Bonchev–Trinajstić information content (AvgIpc) is 2.77. The van der Waals surface area contributed by atoms with Gasteiger partial charge in [-0.05, 0) is 50.2 Å². The summed E-state index contributed by atoms with van der Waals surface area (Å²) in [4.78, 5) is 20.5. The fourth-order valence-corrected chi connectivity index (χ4v) is 4.27. The summed E-state index contributed by atoms with van der Waals surface area (Å²) < 4.78 is 0. The van der Waals surface area contributed by atoms with E-state index in [2.05, 4.69) is 73.4 Å². The smallest absolute Gasteiger partial charge is 0.232 e. The van der Waals surface area contributed by atoms with Crippen LogP contribution in [0.4, 0.5) is 17.6 Å². The standard InChI is InChI=1S/C23H28N6OS/c1-17-3-7-20(8-4-17)31-21-9-5-19(6-10-21)26-22-24-18(2)25-23(27-22)29-13-11-28(12-14-29)15-16-30/h3-10,30H,11-16H2,1-2H3,(H,24,25,26,27). The van der Waals surface area contributed by atoms with Crippen LogP contribution in [0.3, 0.4) is 0 Å². The van der Waals surface area contributed by atoms with Crippen molar-refractivity contribution in [1.29, 1.82) is 0 Å². The van der Waals surface area contributed by atoms with E-state index in [4.69, 9.17) is 5.11 Å². The summed E-state index contributed by atoms with van der Waals surface area (Å²) in [6, 6.07) is 16.8. The van der Waals surface area contributed by atoms with Gasteiger partial charge in [0.1, 0.15) is 5.82 Å². The molecule has 4 rings (SSSR count). The van der Waals surface area contributed by atoms with Gasteiger partial charge in [0.2, 0.25) is 11.9 Å². The van der Waals surface area contributed by atoms with Crippen LogP contribution in [0.25, 0.3) is 0 Å². The lowest BCUT2D eigenvalue weighted by molar-refractivity contribution is 0.188. The molecule has 0 amide bonds. The van der Waals surface area contributed by atoms with E-state index >= 15 is 0 Å². The van der Waals surface area contributed by atoms with Crippen LogP contribution in [0, 0.1) is 13.8 Å². The van der Waals surface area contributed by atoms with Crippen LogP contribution in [0.1, 0.15) is 11.4 Å². The summed E-state index contributed by atoms with van der Waals surface area (Å²) in [6.07, 6.45) is 0. The predicted molar refractivity (Wildman–Crippen MR) is 125 cm³/mol. The number of rotatable bonds is 7. The highest BCUT2D eigenvalue weighted by Gasteiger charge is 2.19. The number of aromatic nitrogens is 3. The van der Waals surface area contributed by atoms with Crippen LogP contribution in [-0.2, 0) is 0 Å². The first-order chi connectivity index (χ1) is 15.1. The number of aryl methyl sites for hydroxylation is 2. The number of anilines is 3. The minimum atomic E-state index is 0.196. The molecule has 0 bridgehead atoms. The molecule has 1 saturated heterocycles. The lowest BCUT2D eigenvalue weighted by atomic mass is 10.2. The number of benzene rings is 2. The van der Waals surface area contributed by atoms with Crippen molar-refractivity contribution >= 4 is 29.3 Å². The molecule has 0 aliphatic carbocycles. The Morgan fingerprint density at radius 1 is 0.871 bits per heavy atom. The van der Waals surface area contributed by atoms with Gasteiger partial charge in [0.05, 0.1) is 6.61 Å². The third-order valence-corrected chi connectivity index (χ3v) is 6.19. The van der Waals surface area contributed by atoms with Gasteiger partial charge in [-0.3, -0.25) is 4.90 Å². The first-order valence-corrected chi connectivity index (χ1v) is 11.3. The van der Waals surface area contributed by atoms with Crippen molar-refractivity contribution in [2.75, 3.05) is 49.5 Å². The third kappa shape index (κ3) is 5.94. The Bertz CT molecular complexity index is 988. The normalized spacial score (nSPS) is 14.6. The highest BCUT2D eigenvalue weighted by atomic mass is 32.2. The summed E-state index contributed by atoms with van der Waals surface area (Å²) in [6.45, 7) is 8.38. The van der Waals surface area contributed by atoms with Gasteiger partial charge in [-0.25, -0.2) is 0 Å². The first kappa shape index (κ1) is 21.5. The van der Waals surface area contributed by atoms with E-state index in [1.54, 1.807) is 11.8 Å². The monoisotopic (exact) mass is 436 g/mol. The lowest BCUT2D eigenvalue weighted by Crippen LogP contribution is -2.47. The summed E-state index contributed by atoms with van der Waals surface area (Å²) in [7, 11) is 0. The number of hydrogen-bond acceptors (Lipinski definition) is 8. The number of β-amino-alcohol motifs (C(OH)–C–C–N with tert-alkyl or cyclic N) is 1. The Balaban J connectivity index is 1.40. The van der Waals surface area contributed by atoms with Crippen molar-refractivity contribution < 1.29 is 5.11 Å². The minimum Gasteiger partial charge on any atom is -0.395 e. The molecule has 0 atom stereocenters. The quantitative estimate of drug-likeness (QED) is 0.583. The van der Waals surface area contributed by atoms with E-state index in [-0.39, 0.29) is 6.61 Å². The number of hydrogen-bond donors (Lipinski definition) is 2.